The zero-order valence-corrected chi connectivity index (χ0v) is 23.5. The number of rotatable bonds is 8. The molecule has 1 aromatic rings. The fourth-order valence-electron chi connectivity index (χ4n) is 9.37. The monoisotopic (exact) mass is 476 g/mol. The molecule has 0 N–H and O–H groups in total. The number of hydrogen-bond acceptors (Lipinski definition) is 1. The normalized spacial score (nSPS) is 36.9. The Kier molecular flexibility index (Phi) is 8.56. The predicted octanol–water partition coefficient (Wildman–Crippen LogP) is 9.06. The van der Waals surface area contributed by atoms with Crippen LogP contribution in [0.5, 0.6) is 0 Å². The summed E-state index contributed by atoms with van der Waals surface area (Å²) < 4.78 is 2.08. The van der Waals surface area contributed by atoms with E-state index in [1.807, 2.05) is 13.1 Å². The molecule has 0 aliphatic heterocycles. The van der Waals surface area contributed by atoms with E-state index < -0.39 is 0 Å². The van der Waals surface area contributed by atoms with Gasteiger partial charge in [0, 0.05) is 6.20 Å². The van der Waals surface area contributed by atoms with Crippen LogP contribution in [0.15, 0.2) is 24.5 Å². The van der Waals surface area contributed by atoms with E-state index in [9.17, 15) is 0 Å². The summed E-state index contributed by atoms with van der Waals surface area (Å²) in [5.74, 6) is 10.4. The topological polar surface area (TPSA) is 17.8 Å². The van der Waals surface area contributed by atoms with Crippen LogP contribution in [0, 0.1) is 52.3 Å². The van der Waals surface area contributed by atoms with Crippen molar-refractivity contribution in [2.75, 3.05) is 0 Å². The van der Waals surface area contributed by atoms with E-state index in [1.165, 1.54) is 89.0 Å². The average Bonchev–Trinajstić information content (AvgIpc) is 3.18. The Bertz CT molecular complexity index is 915. The number of allylic oxidation sites excluding steroid dienone is 1. The van der Waals surface area contributed by atoms with Crippen LogP contribution in [0.4, 0.5) is 0 Å². The van der Waals surface area contributed by atoms with Crippen LogP contribution in [-0.4, -0.2) is 9.78 Å². The number of hydrogen-bond donors (Lipinski definition) is 0. The quantitative estimate of drug-likeness (QED) is 0.208. The van der Waals surface area contributed by atoms with Gasteiger partial charge in [-0.25, -0.2) is 0 Å². The SMILES string of the molecule is C=C(Cn1cc(C#CC)cn1)C1CCCCC2C3CCC(CC)C(C)(CCCCC)C3CCC12C. The molecule has 0 bridgehead atoms. The molecule has 0 amide bonds. The second kappa shape index (κ2) is 11.3. The van der Waals surface area contributed by atoms with Crippen molar-refractivity contribution >= 4 is 0 Å². The largest absolute Gasteiger partial charge is 0.267 e. The molecule has 7 unspecified atom stereocenters. The van der Waals surface area contributed by atoms with Gasteiger partial charge >= 0.3 is 0 Å². The van der Waals surface area contributed by atoms with Crippen molar-refractivity contribution in [1.82, 2.24) is 9.78 Å². The van der Waals surface area contributed by atoms with Gasteiger partial charge in [0.2, 0.25) is 0 Å². The molecule has 0 saturated heterocycles. The summed E-state index contributed by atoms with van der Waals surface area (Å²) in [5, 5.41) is 4.61. The van der Waals surface area contributed by atoms with Gasteiger partial charge in [-0.2, -0.15) is 5.10 Å². The lowest BCUT2D eigenvalue weighted by Crippen LogP contribution is -2.53. The molecule has 0 aromatic carbocycles. The van der Waals surface area contributed by atoms with E-state index >= 15 is 0 Å². The van der Waals surface area contributed by atoms with Gasteiger partial charge < -0.3 is 0 Å². The molecular formula is C33H52N2. The fourth-order valence-corrected chi connectivity index (χ4v) is 9.37. The van der Waals surface area contributed by atoms with Crippen LogP contribution < -0.4 is 0 Å². The van der Waals surface area contributed by atoms with Crippen LogP contribution in [0.2, 0.25) is 0 Å². The lowest BCUT2D eigenvalue weighted by molar-refractivity contribution is -0.114. The molecule has 35 heavy (non-hydrogen) atoms. The van der Waals surface area contributed by atoms with Crippen molar-refractivity contribution in [3.05, 3.63) is 30.1 Å². The highest BCUT2D eigenvalue weighted by atomic mass is 15.3. The maximum Gasteiger partial charge on any atom is 0.0646 e. The number of aromatic nitrogens is 2. The first-order valence-corrected chi connectivity index (χ1v) is 15.0. The first-order valence-electron chi connectivity index (χ1n) is 15.0. The van der Waals surface area contributed by atoms with Crippen molar-refractivity contribution in [3.8, 4) is 11.8 Å². The molecule has 2 nitrogen and oxygen atoms in total. The predicted molar refractivity (Wildman–Crippen MR) is 149 cm³/mol. The second-order valence-electron chi connectivity index (χ2n) is 12.9. The lowest BCUT2D eigenvalue weighted by atomic mass is 9.44. The van der Waals surface area contributed by atoms with E-state index in [0.717, 1.165) is 35.8 Å². The van der Waals surface area contributed by atoms with Gasteiger partial charge in [0.15, 0.2) is 0 Å². The molecule has 7 atom stereocenters. The van der Waals surface area contributed by atoms with Gasteiger partial charge in [0.25, 0.3) is 0 Å². The zero-order valence-electron chi connectivity index (χ0n) is 23.5. The molecule has 1 heterocycles. The van der Waals surface area contributed by atoms with E-state index in [4.69, 9.17) is 6.58 Å². The van der Waals surface area contributed by atoms with Crippen molar-refractivity contribution < 1.29 is 0 Å². The average molecular weight is 477 g/mol. The molecule has 0 spiro atoms. The molecule has 3 aliphatic rings. The van der Waals surface area contributed by atoms with Crippen LogP contribution in [0.25, 0.3) is 0 Å². The van der Waals surface area contributed by atoms with Gasteiger partial charge in [0.1, 0.15) is 0 Å². The van der Waals surface area contributed by atoms with Crippen LogP contribution >= 0.6 is 0 Å². The zero-order chi connectivity index (χ0) is 25.1. The Balaban J connectivity index is 1.56. The minimum atomic E-state index is 0.400. The maximum atomic E-state index is 4.72. The van der Waals surface area contributed by atoms with E-state index in [0.29, 0.717) is 16.7 Å². The molecule has 2 heteroatoms. The Morgan fingerprint density at radius 2 is 1.89 bits per heavy atom. The van der Waals surface area contributed by atoms with Gasteiger partial charge in [-0.3, -0.25) is 4.68 Å². The minimum Gasteiger partial charge on any atom is -0.267 e. The van der Waals surface area contributed by atoms with E-state index in [2.05, 4.69) is 55.5 Å². The summed E-state index contributed by atoms with van der Waals surface area (Å²) in [6, 6.07) is 0. The summed E-state index contributed by atoms with van der Waals surface area (Å²) in [5.41, 5.74) is 3.38. The third-order valence-corrected chi connectivity index (χ3v) is 11.1. The highest BCUT2D eigenvalue weighted by Gasteiger charge is 2.57. The summed E-state index contributed by atoms with van der Waals surface area (Å²) >= 11 is 0. The number of unbranched alkanes of at least 4 members (excludes halogenated alkanes) is 2. The molecule has 0 radical (unpaired) electrons. The summed E-state index contributed by atoms with van der Waals surface area (Å²) in [6.07, 6.45) is 22.3. The van der Waals surface area contributed by atoms with Gasteiger partial charge in [-0.15, -0.1) is 5.92 Å². The summed E-state index contributed by atoms with van der Waals surface area (Å²) in [7, 11) is 0. The Labute approximate surface area is 216 Å². The third kappa shape index (κ3) is 5.17. The van der Waals surface area contributed by atoms with Crippen molar-refractivity contribution in [3.63, 3.8) is 0 Å². The molecular weight excluding hydrogens is 424 g/mol. The molecule has 3 fully saturated rings. The summed E-state index contributed by atoms with van der Waals surface area (Å²) in [6.45, 7) is 17.7. The van der Waals surface area contributed by atoms with Gasteiger partial charge in [-0.1, -0.05) is 84.3 Å². The van der Waals surface area contributed by atoms with E-state index in [-0.39, 0.29) is 0 Å². The first-order chi connectivity index (χ1) is 16.9. The van der Waals surface area contributed by atoms with Crippen LogP contribution in [-0.2, 0) is 6.54 Å². The van der Waals surface area contributed by atoms with Crippen LogP contribution in [0.1, 0.15) is 124 Å². The van der Waals surface area contributed by atoms with Crippen molar-refractivity contribution in [2.24, 2.45) is 40.4 Å². The standard InChI is InChI=1S/C33H52N2/c1-7-10-13-20-32(5)27(9-3)17-18-28-30-16-12-11-15-29(33(30,6)21-19-31(28)32)25(4)23-35-24-26(14-8-2)22-34-35/h22,24,27-31H,4,7,9-13,15-21,23H2,1-3,5-6H3. The molecule has 194 valence electrons. The fraction of sp³-hybridized carbons (Fsp3) is 0.788. The Morgan fingerprint density at radius 1 is 1.09 bits per heavy atom. The summed E-state index contributed by atoms with van der Waals surface area (Å²) in [4.78, 5) is 0. The Hall–Kier alpha value is -1.49. The highest BCUT2D eigenvalue weighted by Crippen LogP contribution is 2.65. The Morgan fingerprint density at radius 3 is 2.63 bits per heavy atom. The highest BCUT2D eigenvalue weighted by molar-refractivity contribution is 5.29. The van der Waals surface area contributed by atoms with Gasteiger partial charge in [-0.05, 0) is 92.3 Å². The smallest absolute Gasteiger partial charge is 0.0646 e. The van der Waals surface area contributed by atoms with Crippen LogP contribution in [0.3, 0.4) is 0 Å². The molecule has 3 saturated carbocycles. The van der Waals surface area contributed by atoms with E-state index in [1.54, 1.807) is 0 Å². The number of nitrogens with zero attached hydrogens (tertiary/aromatic N) is 2. The molecule has 4 rings (SSSR count). The van der Waals surface area contributed by atoms with Crippen molar-refractivity contribution in [1.29, 1.82) is 0 Å². The minimum absolute atomic E-state index is 0.400. The lowest BCUT2D eigenvalue weighted by Gasteiger charge is -2.61. The van der Waals surface area contributed by atoms with Gasteiger partial charge in [0.05, 0.1) is 18.3 Å². The molecule has 3 aliphatic carbocycles. The maximum absolute atomic E-state index is 4.72. The first kappa shape index (κ1) is 26.6. The third-order valence-electron chi connectivity index (χ3n) is 11.1. The number of fused-ring (bicyclic) bond motifs is 3. The second-order valence-corrected chi connectivity index (χ2v) is 12.9. The van der Waals surface area contributed by atoms with Crippen molar-refractivity contribution in [2.45, 2.75) is 125 Å². The molecule has 1 aromatic heterocycles.